The molecule has 2 aromatic carbocycles. The molecule has 0 aliphatic heterocycles. The van der Waals surface area contributed by atoms with E-state index in [0.29, 0.717) is 6.54 Å². The van der Waals surface area contributed by atoms with E-state index in [1.807, 2.05) is 73.5 Å². The zero-order valence-corrected chi connectivity index (χ0v) is 13.0. The lowest BCUT2D eigenvalue weighted by molar-refractivity contribution is -0.120. The molecular weight excluding hydrogens is 284 g/mol. The maximum absolute atomic E-state index is 12.2. The second-order valence-corrected chi connectivity index (χ2v) is 5.51. The number of nitrogens with zero attached hydrogens (tertiary/aromatic N) is 1. The Morgan fingerprint density at radius 1 is 1.14 bits per heavy atom. The summed E-state index contributed by atoms with van der Waals surface area (Å²) in [5.74, 6) is -0.0161. The van der Waals surface area contributed by atoms with Crippen LogP contribution in [0.5, 0.6) is 0 Å². The smallest absolute Gasteiger partial charge is 0.241 e. The van der Waals surface area contributed by atoms with E-state index in [-0.39, 0.29) is 11.9 Å². The van der Waals surface area contributed by atoms with Crippen LogP contribution in [0.15, 0.2) is 54.6 Å². The number of anilines is 1. The molecule has 4 heteroatoms. The summed E-state index contributed by atoms with van der Waals surface area (Å²) in [5, 5.41) is 3.63. The van der Waals surface area contributed by atoms with Crippen LogP contribution in [0.2, 0.25) is 5.02 Å². The molecule has 0 saturated carbocycles. The third kappa shape index (κ3) is 4.59. The lowest BCUT2D eigenvalue weighted by atomic mass is 10.2. The quantitative estimate of drug-likeness (QED) is 0.911. The molecule has 1 N–H and O–H groups in total. The molecule has 2 rings (SSSR count). The summed E-state index contributed by atoms with van der Waals surface area (Å²) in [6, 6.07) is 16.9. The molecule has 1 atom stereocenters. The molecule has 0 saturated heterocycles. The first-order valence-electron chi connectivity index (χ1n) is 6.87. The predicted molar refractivity (Wildman–Crippen MR) is 87.5 cm³/mol. The van der Waals surface area contributed by atoms with Crippen molar-refractivity contribution in [2.75, 3.05) is 12.4 Å². The molecule has 0 spiro atoms. The van der Waals surface area contributed by atoms with Crippen LogP contribution in [0.1, 0.15) is 12.5 Å². The lowest BCUT2D eigenvalue weighted by Gasteiger charge is -2.24. The minimum atomic E-state index is -0.221. The molecule has 110 valence electrons. The van der Waals surface area contributed by atoms with Crippen LogP contribution >= 0.6 is 11.6 Å². The van der Waals surface area contributed by atoms with E-state index in [1.165, 1.54) is 0 Å². The van der Waals surface area contributed by atoms with Crippen LogP contribution in [0.4, 0.5) is 5.69 Å². The van der Waals surface area contributed by atoms with E-state index in [1.54, 1.807) is 0 Å². The first-order valence-corrected chi connectivity index (χ1v) is 7.24. The number of amides is 1. The summed E-state index contributed by atoms with van der Waals surface area (Å²) in [6.45, 7) is 2.59. The maximum atomic E-state index is 12.2. The van der Waals surface area contributed by atoms with Crippen LogP contribution in [-0.2, 0) is 11.3 Å². The monoisotopic (exact) mass is 302 g/mol. The molecule has 3 nitrogen and oxygen atoms in total. The fraction of sp³-hybridized carbons (Fsp3) is 0.235. The van der Waals surface area contributed by atoms with Gasteiger partial charge in [0.1, 0.15) is 0 Å². The van der Waals surface area contributed by atoms with Crippen molar-refractivity contribution in [2.24, 2.45) is 0 Å². The average molecular weight is 303 g/mol. The minimum absolute atomic E-state index is 0.0161. The number of nitrogens with one attached hydrogen (secondary N) is 1. The Bertz CT molecular complexity index is 583. The van der Waals surface area contributed by atoms with Gasteiger partial charge in [0, 0.05) is 17.3 Å². The first-order chi connectivity index (χ1) is 10.1. The largest absolute Gasteiger partial charge is 0.325 e. The molecule has 2 aromatic rings. The molecule has 0 unspecified atom stereocenters. The number of benzene rings is 2. The fourth-order valence-electron chi connectivity index (χ4n) is 1.98. The summed E-state index contributed by atoms with van der Waals surface area (Å²) in [6.07, 6.45) is 0. The van der Waals surface area contributed by atoms with Crippen molar-refractivity contribution in [1.29, 1.82) is 0 Å². The number of hydrogen-bond donors (Lipinski definition) is 1. The van der Waals surface area contributed by atoms with Gasteiger partial charge in [0.15, 0.2) is 0 Å². The van der Waals surface area contributed by atoms with Crippen molar-refractivity contribution in [3.05, 3.63) is 65.2 Å². The highest BCUT2D eigenvalue weighted by molar-refractivity contribution is 6.30. The van der Waals surface area contributed by atoms with Crippen LogP contribution in [-0.4, -0.2) is 23.9 Å². The van der Waals surface area contributed by atoms with Gasteiger partial charge in [0.25, 0.3) is 0 Å². The SMILES string of the molecule is C[C@H](C(=O)Nc1ccccc1)N(C)Cc1ccc(Cl)cc1. The van der Waals surface area contributed by atoms with E-state index >= 15 is 0 Å². The first kappa shape index (κ1) is 15.5. The zero-order valence-electron chi connectivity index (χ0n) is 12.2. The molecule has 0 aliphatic rings. The van der Waals surface area contributed by atoms with E-state index in [0.717, 1.165) is 16.3 Å². The van der Waals surface area contributed by atoms with Gasteiger partial charge in [-0.25, -0.2) is 0 Å². The third-order valence-electron chi connectivity index (χ3n) is 3.43. The second kappa shape index (κ2) is 7.25. The van der Waals surface area contributed by atoms with E-state index in [4.69, 9.17) is 11.6 Å². The summed E-state index contributed by atoms with van der Waals surface area (Å²) in [7, 11) is 1.93. The van der Waals surface area contributed by atoms with Crippen molar-refractivity contribution in [3.8, 4) is 0 Å². The van der Waals surface area contributed by atoms with Crippen LogP contribution in [0, 0.1) is 0 Å². The highest BCUT2D eigenvalue weighted by Gasteiger charge is 2.18. The number of rotatable bonds is 5. The predicted octanol–water partition coefficient (Wildman–Crippen LogP) is 3.80. The van der Waals surface area contributed by atoms with Crippen molar-refractivity contribution in [1.82, 2.24) is 4.90 Å². The number of carbonyl (C=O) groups is 1. The number of likely N-dealkylation sites (N-methyl/N-ethyl adjacent to an activating group) is 1. The molecule has 0 fully saturated rings. The van der Waals surface area contributed by atoms with E-state index < -0.39 is 0 Å². The second-order valence-electron chi connectivity index (χ2n) is 5.07. The Balaban J connectivity index is 1.93. The maximum Gasteiger partial charge on any atom is 0.241 e. The van der Waals surface area contributed by atoms with Gasteiger partial charge in [-0.2, -0.15) is 0 Å². The van der Waals surface area contributed by atoms with Gasteiger partial charge in [-0.1, -0.05) is 41.9 Å². The third-order valence-corrected chi connectivity index (χ3v) is 3.68. The van der Waals surface area contributed by atoms with E-state index in [2.05, 4.69) is 5.32 Å². The molecular formula is C17H19ClN2O. The minimum Gasteiger partial charge on any atom is -0.325 e. The zero-order chi connectivity index (χ0) is 15.2. The Kier molecular flexibility index (Phi) is 5.37. The lowest BCUT2D eigenvalue weighted by Crippen LogP contribution is -2.39. The van der Waals surface area contributed by atoms with Crippen molar-refractivity contribution in [2.45, 2.75) is 19.5 Å². The van der Waals surface area contributed by atoms with Crippen LogP contribution < -0.4 is 5.32 Å². The van der Waals surface area contributed by atoms with Gasteiger partial charge in [-0.15, -0.1) is 0 Å². The topological polar surface area (TPSA) is 32.3 Å². The van der Waals surface area contributed by atoms with Gasteiger partial charge in [0.05, 0.1) is 6.04 Å². The number of halogens is 1. The Labute approximate surface area is 130 Å². The molecule has 1 amide bonds. The van der Waals surface area contributed by atoms with Crippen molar-refractivity contribution < 1.29 is 4.79 Å². The normalized spacial score (nSPS) is 12.2. The van der Waals surface area contributed by atoms with Gasteiger partial charge in [-0.05, 0) is 43.8 Å². The number of para-hydroxylation sites is 1. The Hall–Kier alpha value is -1.84. The fourth-order valence-corrected chi connectivity index (χ4v) is 2.11. The standard InChI is InChI=1S/C17H19ClN2O/c1-13(17(21)19-16-6-4-3-5-7-16)20(2)12-14-8-10-15(18)11-9-14/h3-11,13H,12H2,1-2H3,(H,19,21)/t13-/m1/s1. The van der Waals surface area contributed by atoms with Gasteiger partial charge in [-0.3, -0.25) is 9.69 Å². The Morgan fingerprint density at radius 3 is 2.38 bits per heavy atom. The highest BCUT2D eigenvalue weighted by Crippen LogP contribution is 2.13. The van der Waals surface area contributed by atoms with Crippen LogP contribution in [0.25, 0.3) is 0 Å². The number of hydrogen-bond acceptors (Lipinski definition) is 2. The molecule has 21 heavy (non-hydrogen) atoms. The average Bonchev–Trinajstić information content (AvgIpc) is 2.49. The molecule has 0 aromatic heterocycles. The van der Waals surface area contributed by atoms with Gasteiger partial charge >= 0.3 is 0 Å². The molecule has 0 bridgehead atoms. The molecule has 0 aliphatic carbocycles. The summed E-state index contributed by atoms with van der Waals surface area (Å²) in [4.78, 5) is 14.2. The highest BCUT2D eigenvalue weighted by atomic mass is 35.5. The molecule has 0 radical (unpaired) electrons. The summed E-state index contributed by atoms with van der Waals surface area (Å²) >= 11 is 5.87. The van der Waals surface area contributed by atoms with Crippen molar-refractivity contribution >= 4 is 23.2 Å². The Morgan fingerprint density at radius 2 is 1.76 bits per heavy atom. The van der Waals surface area contributed by atoms with Crippen LogP contribution in [0.3, 0.4) is 0 Å². The van der Waals surface area contributed by atoms with Crippen molar-refractivity contribution in [3.63, 3.8) is 0 Å². The van der Waals surface area contributed by atoms with E-state index in [9.17, 15) is 4.79 Å². The van der Waals surface area contributed by atoms with Gasteiger partial charge in [0.2, 0.25) is 5.91 Å². The van der Waals surface area contributed by atoms with Gasteiger partial charge < -0.3 is 5.32 Å². The summed E-state index contributed by atoms with van der Waals surface area (Å²) < 4.78 is 0. The molecule has 0 heterocycles. The number of carbonyl (C=O) groups excluding carboxylic acids is 1. The summed E-state index contributed by atoms with van der Waals surface area (Å²) in [5.41, 5.74) is 1.94.